The zero-order valence-corrected chi connectivity index (χ0v) is 28.3. The molecule has 3 aliphatic carbocycles. The summed E-state index contributed by atoms with van der Waals surface area (Å²) >= 11 is 0. The van der Waals surface area contributed by atoms with Gasteiger partial charge in [-0.05, 0) is 108 Å². The van der Waals surface area contributed by atoms with Crippen molar-refractivity contribution in [3.63, 3.8) is 0 Å². The van der Waals surface area contributed by atoms with Gasteiger partial charge in [-0.25, -0.2) is 0 Å². The molecule has 10 rings (SSSR count). The number of allylic oxidation sites excluding steroid dienone is 4. The topological polar surface area (TPSA) is 0 Å². The Morgan fingerprint density at radius 2 is 1.14 bits per heavy atom. The highest BCUT2D eigenvalue weighted by Crippen LogP contribution is 2.54. The fourth-order valence-corrected chi connectivity index (χ4v) is 10.1. The number of fused-ring (bicyclic) bond motifs is 4. The van der Waals surface area contributed by atoms with Crippen molar-refractivity contribution in [2.45, 2.75) is 56.8 Å². The minimum absolute atomic E-state index is 0.0365. The molecule has 0 nitrogen and oxygen atoms in total. The Balaban J connectivity index is 1.17. The maximum atomic E-state index is 2.48. The Kier molecular flexibility index (Phi) is 6.41. The zero-order valence-electron chi connectivity index (χ0n) is 28.3. The first-order chi connectivity index (χ1) is 24.1. The molecule has 7 aromatic carbocycles. The molecule has 2 unspecified atom stereocenters. The molecule has 0 spiro atoms. The number of hydrogen-bond donors (Lipinski definition) is 0. The highest BCUT2D eigenvalue weighted by atomic mass is 14.4. The van der Waals surface area contributed by atoms with Gasteiger partial charge in [-0.2, -0.15) is 0 Å². The quantitative estimate of drug-likeness (QED) is 0.171. The third kappa shape index (κ3) is 4.16. The molecular formula is C49H40. The van der Waals surface area contributed by atoms with E-state index in [1.807, 2.05) is 0 Å². The largest absolute Gasteiger partial charge is 0.0836 e. The van der Waals surface area contributed by atoms with Crippen LogP contribution >= 0.6 is 0 Å². The lowest BCUT2D eigenvalue weighted by atomic mass is 9.64. The van der Waals surface area contributed by atoms with Crippen molar-refractivity contribution in [3.05, 3.63) is 185 Å². The smallest absolute Gasteiger partial charge is 0.0121 e. The van der Waals surface area contributed by atoms with E-state index in [0.29, 0.717) is 11.8 Å². The Bertz CT molecular complexity index is 2470. The van der Waals surface area contributed by atoms with Crippen LogP contribution in [-0.4, -0.2) is 0 Å². The summed E-state index contributed by atoms with van der Waals surface area (Å²) in [6.45, 7) is 4.90. The summed E-state index contributed by atoms with van der Waals surface area (Å²) < 4.78 is 0. The van der Waals surface area contributed by atoms with Gasteiger partial charge in [0.1, 0.15) is 0 Å². The van der Waals surface area contributed by atoms with Crippen molar-refractivity contribution in [2.75, 3.05) is 0 Å². The van der Waals surface area contributed by atoms with Gasteiger partial charge in [-0.1, -0.05) is 165 Å². The van der Waals surface area contributed by atoms with Gasteiger partial charge < -0.3 is 0 Å². The highest BCUT2D eigenvalue weighted by molar-refractivity contribution is 6.15. The molecule has 0 aromatic heterocycles. The highest BCUT2D eigenvalue weighted by Gasteiger charge is 2.37. The Hall–Kier alpha value is -5.20. The normalized spacial score (nSPS) is 19.3. The van der Waals surface area contributed by atoms with Crippen molar-refractivity contribution in [1.29, 1.82) is 0 Å². The SMILES string of the molecule is CC1(C)C2=C(C=CCC2)c2ccc(C3CCC(c4c5ccccc5c(-c5ccccc5)c5ccccc45)c4ccccc43)c3cccc1c23. The lowest BCUT2D eigenvalue weighted by Gasteiger charge is -2.39. The number of benzene rings is 7. The first kappa shape index (κ1) is 28.8. The minimum atomic E-state index is 0.0365. The van der Waals surface area contributed by atoms with Crippen LogP contribution in [0.2, 0.25) is 0 Å². The monoisotopic (exact) mass is 628 g/mol. The van der Waals surface area contributed by atoms with E-state index in [2.05, 4.69) is 159 Å². The molecule has 0 bridgehead atoms. The molecule has 49 heavy (non-hydrogen) atoms. The summed E-state index contributed by atoms with van der Waals surface area (Å²) in [5, 5.41) is 8.37. The van der Waals surface area contributed by atoms with E-state index in [0.717, 1.165) is 25.7 Å². The molecule has 0 saturated heterocycles. The first-order valence-corrected chi connectivity index (χ1v) is 18.2. The summed E-state index contributed by atoms with van der Waals surface area (Å²) in [7, 11) is 0. The van der Waals surface area contributed by atoms with Crippen LogP contribution in [0.4, 0.5) is 0 Å². The predicted molar refractivity (Wildman–Crippen MR) is 209 cm³/mol. The molecule has 0 N–H and O–H groups in total. The van der Waals surface area contributed by atoms with Gasteiger partial charge in [0.15, 0.2) is 0 Å². The van der Waals surface area contributed by atoms with Gasteiger partial charge in [-0.3, -0.25) is 0 Å². The lowest BCUT2D eigenvalue weighted by molar-refractivity contribution is 0.571. The van der Waals surface area contributed by atoms with E-state index in [9.17, 15) is 0 Å². The summed E-state index contributed by atoms with van der Waals surface area (Å²) in [6.07, 6.45) is 9.32. The first-order valence-electron chi connectivity index (χ1n) is 18.2. The molecule has 0 amide bonds. The third-order valence-electron chi connectivity index (χ3n) is 12.2. The van der Waals surface area contributed by atoms with Gasteiger partial charge >= 0.3 is 0 Å². The van der Waals surface area contributed by atoms with Crippen LogP contribution in [0, 0.1) is 0 Å². The Morgan fingerprint density at radius 1 is 0.531 bits per heavy atom. The maximum Gasteiger partial charge on any atom is 0.0121 e. The van der Waals surface area contributed by atoms with Crippen LogP contribution in [0.1, 0.15) is 84.7 Å². The predicted octanol–water partition coefficient (Wildman–Crippen LogP) is 13.3. The average Bonchev–Trinajstić information content (AvgIpc) is 3.16. The second kappa shape index (κ2) is 10.9. The fourth-order valence-electron chi connectivity index (χ4n) is 10.1. The fraction of sp³-hybridized carbons (Fsp3) is 0.184. The van der Waals surface area contributed by atoms with Gasteiger partial charge in [0.2, 0.25) is 0 Å². The van der Waals surface area contributed by atoms with Crippen molar-refractivity contribution < 1.29 is 0 Å². The van der Waals surface area contributed by atoms with Crippen molar-refractivity contribution in [2.24, 2.45) is 0 Å². The van der Waals surface area contributed by atoms with Crippen LogP contribution in [-0.2, 0) is 5.41 Å². The van der Waals surface area contributed by atoms with E-state index in [-0.39, 0.29) is 5.41 Å². The number of hydrogen-bond acceptors (Lipinski definition) is 0. The third-order valence-corrected chi connectivity index (χ3v) is 12.2. The zero-order chi connectivity index (χ0) is 32.7. The molecule has 236 valence electrons. The summed E-state index contributed by atoms with van der Waals surface area (Å²) in [5.74, 6) is 0.685. The van der Waals surface area contributed by atoms with E-state index in [1.165, 1.54) is 82.4 Å². The van der Waals surface area contributed by atoms with Gasteiger partial charge in [0.05, 0.1) is 0 Å². The van der Waals surface area contributed by atoms with Crippen LogP contribution in [0.3, 0.4) is 0 Å². The molecule has 7 aromatic rings. The van der Waals surface area contributed by atoms with Crippen LogP contribution < -0.4 is 0 Å². The number of rotatable bonds is 3. The van der Waals surface area contributed by atoms with Crippen LogP contribution in [0.5, 0.6) is 0 Å². The maximum absolute atomic E-state index is 2.48. The molecule has 0 heterocycles. The van der Waals surface area contributed by atoms with Crippen molar-refractivity contribution >= 4 is 37.9 Å². The van der Waals surface area contributed by atoms with Gasteiger partial charge in [0, 0.05) is 17.3 Å². The molecule has 3 aliphatic rings. The van der Waals surface area contributed by atoms with Crippen molar-refractivity contribution in [1.82, 2.24) is 0 Å². The average molecular weight is 629 g/mol. The van der Waals surface area contributed by atoms with E-state index in [4.69, 9.17) is 0 Å². The molecule has 0 radical (unpaired) electrons. The summed E-state index contributed by atoms with van der Waals surface area (Å²) in [5.41, 5.74) is 14.6. The molecule has 0 fully saturated rings. The second-order valence-electron chi connectivity index (χ2n) is 14.9. The van der Waals surface area contributed by atoms with E-state index in [1.54, 1.807) is 5.57 Å². The van der Waals surface area contributed by atoms with Gasteiger partial charge in [-0.15, -0.1) is 0 Å². The molecule has 0 saturated carbocycles. The standard InChI is InChI=1S/C49H40/c1-49(2)44-25-13-12-19-36(44)43-30-28-35(37-24-14-26-45(49)48(37)43)34-27-29-42(33-18-7-6-17-32(33)34)47-40-22-10-8-20-38(40)46(31-15-4-3-5-16-31)39-21-9-11-23-41(39)47/h3-12,14-24,26,28,30,34,42H,13,25,27,29H2,1-2H3. The molecular weight excluding hydrogens is 589 g/mol. The van der Waals surface area contributed by atoms with E-state index < -0.39 is 0 Å². The molecule has 0 heteroatoms. The molecule has 0 aliphatic heterocycles. The van der Waals surface area contributed by atoms with Crippen LogP contribution in [0.25, 0.3) is 49.0 Å². The van der Waals surface area contributed by atoms with Gasteiger partial charge in [0.25, 0.3) is 0 Å². The summed E-state index contributed by atoms with van der Waals surface area (Å²) in [4.78, 5) is 0. The van der Waals surface area contributed by atoms with Crippen LogP contribution in [0.15, 0.2) is 151 Å². The van der Waals surface area contributed by atoms with E-state index >= 15 is 0 Å². The summed E-state index contributed by atoms with van der Waals surface area (Å²) in [6, 6.07) is 50.7. The van der Waals surface area contributed by atoms with Crippen molar-refractivity contribution in [3.8, 4) is 11.1 Å². The minimum Gasteiger partial charge on any atom is -0.0836 e. The molecule has 2 atom stereocenters. The Labute approximate surface area is 289 Å². The lowest BCUT2D eigenvalue weighted by Crippen LogP contribution is -2.26. The second-order valence-corrected chi connectivity index (χ2v) is 14.9. The Morgan fingerprint density at radius 3 is 1.88 bits per heavy atom.